The van der Waals surface area contributed by atoms with E-state index in [-0.39, 0.29) is 0 Å². The Labute approximate surface area is 230 Å². The van der Waals surface area contributed by atoms with Gasteiger partial charge in [0.15, 0.2) is 6.10 Å². The number of ether oxygens (including phenoxy) is 2. The number of methoxy groups -OCH3 is 1. The average Bonchev–Trinajstić information content (AvgIpc) is 3.25. The van der Waals surface area contributed by atoms with E-state index in [1.54, 1.807) is 18.5 Å². The summed E-state index contributed by atoms with van der Waals surface area (Å²) in [6.07, 6.45) is 4.37. The van der Waals surface area contributed by atoms with E-state index in [0.717, 1.165) is 56.6 Å². The van der Waals surface area contributed by atoms with Crippen molar-refractivity contribution < 1.29 is 14.3 Å². The zero-order valence-electron chi connectivity index (χ0n) is 23.8. The summed E-state index contributed by atoms with van der Waals surface area (Å²) < 4.78 is 14.2. The normalized spacial score (nSPS) is 14.0. The molecule has 0 saturated heterocycles. The summed E-state index contributed by atoms with van der Waals surface area (Å²) in [7, 11) is 1.41. The van der Waals surface area contributed by atoms with E-state index >= 15 is 0 Å². The molecule has 7 nitrogen and oxygen atoms in total. The van der Waals surface area contributed by atoms with Crippen LogP contribution in [-0.4, -0.2) is 39.8 Å². The number of anilines is 2. The standard InChI is InChI=1S/C32H36N4O3/c1-9-22-17-33-31(34-18-22)36-15-14-35-20(3)16-24-26(23-12-10-19(2)11-13-23)25(21(4)27(36)28(24)35)29(30(37)38-8)39-32(5,6)7/h9-13,16-18,29H,1,14-15H2,2-8H3. The minimum Gasteiger partial charge on any atom is -0.467 e. The molecular weight excluding hydrogens is 488 g/mol. The van der Waals surface area contributed by atoms with E-state index < -0.39 is 17.7 Å². The molecule has 202 valence electrons. The van der Waals surface area contributed by atoms with Crippen LogP contribution in [0.4, 0.5) is 11.6 Å². The number of rotatable bonds is 6. The Morgan fingerprint density at radius 3 is 2.33 bits per heavy atom. The van der Waals surface area contributed by atoms with Gasteiger partial charge in [0.05, 0.1) is 23.9 Å². The molecule has 0 saturated carbocycles. The van der Waals surface area contributed by atoms with Crippen molar-refractivity contribution in [2.75, 3.05) is 18.6 Å². The third-order valence-electron chi connectivity index (χ3n) is 7.27. The van der Waals surface area contributed by atoms with Gasteiger partial charge in [-0.2, -0.15) is 0 Å². The second kappa shape index (κ2) is 9.97. The molecule has 1 aliphatic rings. The van der Waals surface area contributed by atoms with Gasteiger partial charge in [-0.25, -0.2) is 14.8 Å². The number of hydrogen-bond acceptors (Lipinski definition) is 6. The highest BCUT2D eigenvalue weighted by atomic mass is 16.6. The van der Waals surface area contributed by atoms with Crippen LogP contribution >= 0.6 is 0 Å². The van der Waals surface area contributed by atoms with Gasteiger partial charge in [-0.15, -0.1) is 0 Å². The van der Waals surface area contributed by atoms with Crippen LogP contribution in [-0.2, 0) is 20.8 Å². The van der Waals surface area contributed by atoms with Crippen molar-refractivity contribution in [1.29, 1.82) is 0 Å². The fraction of sp³-hybridized carbons (Fsp3) is 0.344. The Balaban J connectivity index is 1.89. The summed E-state index contributed by atoms with van der Waals surface area (Å²) in [6.45, 7) is 17.4. The fourth-order valence-electron chi connectivity index (χ4n) is 5.51. The van der Waals surface area contributed by atoms with Crippen LogP contribution in [0.5, 0.6) is 0 Å². The molecule has 2 aromatic carbocycles. The van der Waals surface area contributed by atoms with E-state index in [1.165, 1.54) is 12.7 Å². The van der Waals surface area contributed by atoms with Gasteiger partial charge < -0.3 is 18.9 Å². The van der Waals surface area contributed by atoms with E-state index in [1.807, 2.05) is 20.8 Å². The zero-order chi connectivity index (χ0) is 28.1. The third kappa shape index (κ3) is 4.72. The minimum atomic E-state index is -0.927. The second-order valence-corrected chi connectivity index (χ2v) is 11.1. The van der Waals surface area contributed by atoms with E-state index in [2.05, 4.69) is 77.1 Å². The summed E-state index contributed by atoms with van der Waals surface area (Å²) in [5, 5.41) is 1.06. The lowest BCUT2D eigenvalue weighted by molar-refractivity contribution is -0.164. The molecule has 1 atom stereocenters. The summed E-state index contributed by atoms with van der Waals surface area (Å²) in [5.74, 6) is 0.175. The molecule has 39 heavy (non-hydrogen) atoms. The predicted molar refractivity (Wildman–Crippen MR) is 156 cm³/mol. The van der Waals surface area contributed by atoms with E-state index in [0.29, 0.717) is 12.5 Å². The lowest BCUT2D eigenvalue weighted by Crippen LogP contribution is -2.32. The molecule has 1 unspecified atom stereocenters. The van der Waals surface area contributed by atoms with E-state index in [4.69, 9.17) is 9.47 Å². The van der Waals surface area contributed by atoms with Gasteiger partial charge in [0.25, 0.3) is 0 Å². The summed E-state index contributed by atoms with van der Waals surface area (Å²) in [5.41, 5.74) is 8.42. The maximum Gasteiger partial charge on any atom is 0.339 e. The number of nitrogens with zero attached hydrogens (tertiary/aromatic N) is 4. The minimum absolute atomic E-state index is 0.432. The topological polar surface area (TPSA) is 69.5 Å². The first-order valence-electron chi connectivity index (χ1n) is 13.2. The van der Waals surface area contributed by atoms with Crippen LogP contribution in [0.1, 0.15) is 54.8 Å². The maximum atomic E-state index is 13.4. The molecule has 0 N–H and O–H groups in total. The lowest BCUT2D eigenvalue weighted by atomic mass is 9.87. The molecule has 1 aliphatic heterocycles. The number of aryl methyl sites for hydroxylation is 2. The fourth-order valence-corrected chi connectivity index (χ4v) is 5.51. The van der Waals surface area contributed by atoms with Gasteiger partial charge in [-0.1, -0.05) is 42.5 Å². The Morgan fingerprint density at radius 1 is 1.08 bits per heavy atom. The van der Waals surface area contributed by atoms with Crippen LogP contribution in [0, 0.1) is 20.8 Å². The Bertz CT molecular complexity index is 1560. The molecule has 7 heteroatoms. The van der Waals surface area contributed by atoms with Crippen molar-refractivity contribution in [3.8, 4) is 11.1 Å². The average molecular weight is 525 g/mol. The van der Waals surface area contributed by atoms with Crippen molar-refractivity contribution in [2.24, 2.45) is 0 Å². The Hall–Kier alpha value is -3.97. The highest BCUT2D eigenvalue weighted by Gasteiger charge is 2.37. The highest BCUT2D eigenvalue weighted by Crippen LogP contribution is 2.49. The number of hydrogen-bond donors (Lipinski definition) is 0. The van der Waals surface area contributed by atoms with Gasteiger partial charge in [0.1, 0.15) is 0 Å². The summed E-state index contributed by atoms with van der Waals surface area (Å²) in [4.78, 5) is 24.9. The Morgan fingerprint density at radius 2 is 1.74 bits per heavy atom. The monoisotopic (exact) mass is 524 g/mol. The number of aromatic nitrogens is 3. The molecule has 0 amide bonds. The molecule has 4 aromatic rings. The first-order chi connectivity index (χ1) is 18.5. The zero-order valence-corrected chi connectivity index (χ0v) is 23.8. The number of esters is 1. The highest BCUT2D eigenvalue weighted by molar-refractivity contribution is 6.08. The van der Waals surface area contributed by atoms with Crippen LogP contribution in [0.25, 0.3) is 28.1 Å². The quantitative estimate of drug-likeness (QED) is 0.257. The molecular formula is C32H36N4O3. The molecule has 0 radical (unpaired) electrons. The predicted octanol–water partition coefficient (Wildman–Crippen LogP) is 6.85. The van der Waals surface area contributed by atoms with Crippen LogP contribution in [0.15, 0.2) is 49.3 Å². The van der Waals surface area contributed by atoms with E-state index in [9.17, 15) is 4.79 Å². The third-order valence-corrected chi connectivity index (χ3v) is 7.27. The number of carbonyl (C=O) groups is 1. The molecule has 0 fully saturated rings. The van der Waals surface area contributed by atoms with Crippen molar-refractivity contribution in [2.45, 2.75) is 59.8 Å². The molecule has 0 aliphatic carbocycles. The van der Waals surface area contributed by atoms with Gasteiger partial charge in [0, 0.05) is 47.7 Å². The molecule has 0 bridgehead atoms. The summed E-state index contributed by atoms with van der Waals surface area (Å²) in [6, 6.07) is 10.6. The SMILES string of the molecule is C=Cc1cnc(N2CCn3c(C)cc4c(-c5ccc(C)cc5)c(C(OC(C)(C)C)C(=O)OC)c(C)c2c43)nc1. The molecule has 3 heterocycles. The molecule has 5 rings (SSSR count). The number of carbonyl (C=O) groups excluding carboxylic acids is 1. The Kier molecular flexibility index (Phi) is 6.81. The van der Waals surface area contributed by atoms with Crippen molar-refractivity contribution in [1.82, 2.24) is 14.5 Å². The second-order valence-electron chi connectivity index (χ2n) is 11.1. The molecule has 2 aromatic heterocycles. The lowest BCUT2D eigenvalue weighted by Gasteiger charge is -2.35. The van der Waals surface area contributed by atoms with Crippen LogP contribution in [0.3, 0.4) is 0 Å². The molecule has 0 spiro atoms. The van der Waals surface area contributed by atoms with Gasteiger partial charge in [-0.3, -0.25) is 0 Å². The van der Waals surface area contributed by atoms with Crippen LogP contribution < -0.4 is 4.90 Å². The van der Waals surface area contributed by atoms with Gasteiger partial charge >= 0.3 is 5.97 Å². The summed E-state index contributed by atoms with van der Waals surface area (Å²) >= 11 is 0. The largest absolute Gasteiger partial charge is 0.467 e. The first kappa shape index (κ1) is 26.6. The van der Waals surface area contributed by atoms with Gasteiger partial charge in [0.2, 0.25) is 5.95 Å². The van der Waals surface area contributed by atoms with Crippen molar-refractivity contribution in [3.63, 3.8) is 0 Å². The van der Waals surface area contributed by atoms with Crippen molar-refractivity contribution in [3.05, 3.63) is 77.3 Å². The maximum absolute atomic E-state index is 13.4. The number of benzene rings is 2. The van der Waals surface area contributed by atoms with Crippen LogP contribution in [0.2, 0.25) is 0 Å². The smallest absolute Gasteiger partial charge is 0.339 e. The van der Waals surface area contributed by atoms with Crippen molar-refractivity contribution >= 4 is 34.6 Å². The van der Waals surface area contributed by atoms with Gasteiger partial charge in [-0.05, 0) is 64.3 Å². The first-order valence-corrected chi connectivity index (χ1v) is 13.2.